The predicted octanol–water partition coefficient (Wildman–Crippen LogP) is 2.23. The molecule has 1 aliphatic heterocycles. The first-order valence-corrected chi connectivity index (χ1v) is 6.19. The first kappa shape index (κ1) is 11.6. The summed E-state index contributed by atoms with van der Waals surface area (Å²) in [6, 6.07) is 8.62. The molecule has 1 fully saturated rings. The number of rotatable bonds is 4. The van der Waals surface area contributed by atoms with Crippen molar-refractivity contribution >= 4 is 0 Å². The Morgan fingerprint density at radius 2 is 2.00 bits per heavy atom. The van der Waals surface area contributed by atoms with Crippen LogP contribution in [0.3, 0.4) is 0 Å². The fraction of sp³-hybridized carbons (Fsp3) is 0.571. The van der Waals surface area contributed by atoms with Crippen LogP contribution in [-0.2, 0) is 13.1 Å². The third-order valence-electron chi connectivity index (χ3n) is 3.56. The normalized spacial score (nSPS) is 17.8. The molecular formula is C14H22N2. The first-order valence-electron chi connectivity index (χ1n) is 6.19. The van der Waals surface area contributed by atoms with Crippen LogP contribution in [-0.4, -0.2) is 18.0 Å². The Hall–Kier alpha value is -0.860. The molecular weight excluding hydrogens is 196 g/mol. The van der Waals surface area contributed by atoms with Crippen molar-refractivity contribution in [3.63, 3.8) is 0 Å². The summed E-state index contributed by atoms with van der Waals surface area (Å²) < 4.78 is 0. The summed E-state index contributed by atoms with van der Waals surface area (Å²) in [7, 11) is 0. The first-order chi connectivity index (χ1) is 7.69. The average Bonchev–Trinajstić information content (AvgIpc) is 2.22. The summed E-state index contributed by atoms with van der Waals surface area (Å²) in [5.41, 5.74) is 8.27. The maximum atomic E-state index is 5.64. The van der Waals surface area contributed by atoms with E-state index in [1.165, 1.54) is 24.2 Å². The van der Waals surface area contributed by atoms with E-state index in [0.29, 0.717) is 6.54 Å². The molecule has 1 heterocycles. The summed E-state index contributed by atoms with van der Waals surface area (Å²) in [5, 5.41) is 0. The topological polar surface area (TPSA) is 29.3 Å². The Balaban J connectivity index is 1.86. The van der Waals surface area contributed by atoms with Gasteiger partial charge in [-0.1, -0.05) is 38.1 Å². The molecule has 16 heavy (non-hydrogen) atoms. The van der Waals surface area contributed by atoms with E-state index in [4.69, 9.17) is 5.73 Å². The van der Waals surface area contributed by atoms with E-state index in [-0.39, 0.29) is 0 Å². The van der Waals surface area contributed by atoms with Crippen molar-refractivity contribution < 1.29 is 0 Å². The van der Waals surface area contributed by atoms with Crippen molar-refractivity contribution in [3.05, 3.63) is 35.4 Å². The lowest BCUT2D eigenvalue weighted by molar-refractivity contribution is 0.0614. The number of likely N-dealkylation sites (tertiary alicyclic amines) is 1. The lowest BCUT2D eigenvalue weighted by Gasteiger charge is -2.41. The Morgan fingerprint density at radius 3 is 2.62 bits per heavy atom. The third-order valence-corrected chi connectivity index (χ3v) is 3.56. The van der Waals surface area contributed by atoms with Gasteiger partial charge in [-0.25, -0.2) is 0 Å². The summed E-state index contributed by atoms with van der Waals surface area (Å²) in [4.78, 5) is 2.51. The Labute approximate surface area is 98.4 Å². The highest BCUT2D eigenvalue weighted by Crippen LogP contribution is 2.24. The molecule has 1 saturated heterocycles. The van der Waals surface area contributed by atoms with E-state index in [0.717, 1.165) is 18.4 Å². The van der Waals surface area contributed by atoms with Crippen molar-refractivity contribution in [1.82, 2.24) is 4.90 Å². The van der Waals surface area contributed by atoms with Gasteiger partial charge in [0.15, 0.2) is 0 Å². The lowest BCUT2D eigenvalue weighted by atomic mass is 9.88. The maximum Gasteiger partial charge on any atom is 0.0234 e. The summed E-state index contributed by atoms with van der Waals surface area (Å²) in [5.74, 6) is 1.73. The van der Waals surface area contributed by atoms with E-state index < -0.39 is 0 Å². The molecule has 2 rings (SSSR count). The van der Waals surface area contributed by atoms with Crippen molar-refractivity contribution in [2.24, 2.45) is 17.6 Å². The molecule has 0 saturated carbocycles. The zero-order valence-electron chi connectivity index (χ0n) is 10.3. The van der Waals surface area contributed by atoms with Crippen LogP contribution >= 0.6 is 0 Å². The molecule has 0 unspecified atom stereocenters. The fourth-order valence-electron chi connectivity index (χ4n) is 2.27. The van der Waals surface area contributed by atoms with Gasteiger partial charge in [-0.05, 0) is 23.0 Å². The summed E-state index contributed by atoms with van der Waals surface area (Å²) in [6.45, 7) is 8.86. The van der Waals surface area contributed by atoms with E-state index in [1.54, 1.807) is 0 Å². The molecule has 0 radical (unpaired) electrons. The zero-order chi connectivity index (χ0) is 11.5. The largest absolute Gasteiger partial charge is 0.326 e. The second-order valence-electron chi connectivity index (χ2n) is 5.22. The molecule has 1 aromatic carbocycles. The van der Waals surface area contributed by atoms with E-state index in [2.05, 4.69) is 43.0 Å². The van der Waals surface area contributed by atoms with Crippen molar-refractivity contribution in [2.45, 2.75) is 26.9 Å². The monoisotopic (exact) mass is 218 g/mol. The van der Waals surface area contributed by atoms with Gasteiger partial charge in [-0.2, -0.15) is 0 Å². The van der Waals surface area contributed by atoms with E-state index in [9.17, 15) is 0 Å². The van der Waals surface area contributed by atoms with Gasteiger partial charge in [0.25, 0.3) is 0 Å². The molecule has 0 spiro atoms. The average molecular weight is 218 g/mol. The minimum atomic E-state index is 0.641. The number of nitrogens with two attached hydrogens (primary N) is 1. The van der Waals surface area contributed by atoms with Crippen LogP contribution < -0.4 is 5.73 Å². The molecule has 0 atom stereocenters. The van der Waals surface area contributed by atoms with Gasteiger partial charge in [-0.15, -0.1) is 0 Å². The minimum absolute atomic E-state index is 0.641. The third kappa shape index (κ3) is 2.63. The van der Waals surface area contributed by atoms with Gasteiger partial charge in [-0.3, -0.25) is 4.90 Å². The van der Waals surface area contributed by atoms with Crippen LogP contribution in [0.1, 0.15) is 25.0 Å². The second kappa shape index (κ2) is 4.98. The molecule has 1 aromatic rings. The molecule has 0 aliphatic carbocycles. The molecule has 88 valence electrons. The summed E-state index contributed by atoms with van der Waals surface area (Å²) >= 11 is 0. The van der Waals surface area contributed by atoms with Crippen LogP contribution in [0, 0.1) is 11.8 Å². The smallest absolute Gasteiger partial charge is 0.0234 e. The quantitative estimate of drug-likeness (QED) is 0.839. The molecule has 2 heteroatoms. The van der Waals surface area contributed by atoms with Gasteiger partial charge < -0.3 is 5.73 Å². The van der Waals surface area contributed by atoms with Crippen molar-refractivity contribution in [3.8, 4) is 0 Å². The van der Waals surface area contributed by atoms with Crippen molar-refractivity contribution in [2.75, 3.05) is 13.1 Å². The van der Waals surface area contributed by atoms with Gasteiger partial charge >= 0.3 is 0 Å². The Kier molecular flexibility index (Phi) is 3.62. The van der Waals surface area contributed by atoms with Crippen LogP contribution in [0.2, 0.25) is 0 Å². The van der Waals surface area contributed by atoms with Gasteiger partial charge in [0.2, 0.25) is 0 Å². The van der Waals surface area contributed by atoms with Crippen molar-refractivity contribution in [1.29, 1.82) is 0 Å². The van der Waals surface area contributed by atoms with Gasteiger partial charge in [0.05, 0.1) is 0 Å². The summed E-state index contributed by atoms with van der Waals surface area (Å²) in [6.07, 6.45) is 0. The van der Waals surface area contributed by atoms with E-state index >= 15 is 0 Å². The van der Waals surface area contributed by atoms with Gasteiger partial charge in [0.1, 0.15) is 0 Å². The molecule has 2 N–H and O–H groups in total. The molecule has 0 bridgehead atoms. The number of nitrogens with zero attached hydrogens (tertiary/aromatic N) is 1. The van der Waals surface area contributed by atoms with Crippen LogP contribution in [0.15, 0.2) is 24.3 Å². The highest BCUT2D eigenvalue weighted by molar-refractivity contribution is 5.23. The number of hydrogen-bond donors (Lipinski definition) is 1. The number of hydrogen-bond acceptors (Lipinski definition) is 2. The highest BCUT2D eigenvalue weighted by Gasteiger charge is 2.28. The van der Waals surface area contributed by atoms with Crippen LogP contribution in [0.25, 0.3) is 0 Å². The SMILES string of the molecule is CC(C)C1CN(Cc2cccc(CN)c2)C1. The van der Waals surface area contributed by atoms with Crippen LogP contribution in [0.4, 0.5) is 0 Å². The molecule has 1 aliphatic rings. The molecule has 0 amide bonds. The second-order valence-corrected chi connectivity index (χ2v) is 5.22. The standard InChI is InChI=1S/C14H22N2/c1-11(2)14-9-16(10-14)8-13-5-3-4-12(6-13)7-15/h3-6,11,14H,7-10,15H2,1-2H3. The molecule has 2 nitrogen and oxygen atoms in total. The Morgan fingerprint density at radius 1 is 1.31 bits per heavy atom. The Bertz CT molecular complexity index is 340. The maximum absolute atomic E-state index is 5.64. The van der Waals surface area contributed by atoms with Crippen LogP contribution in [0.5, 0.6) is 0 Å². The molecule has 0 aromatic heterocycles. The predicted molar refractivity (Wildman–Crippen MR) is 67.9 cm³/mol. The minimum Gasteiger partial charge on any atom is -0.326 e. The van der Waals surface area contributed by atoms with E-state index in [1.807, 2.05) is 0 Å². The highest BCUT2D eigenvalue weighted by atomic mass is 15.2. The lowest BCUT2D eigenvalue weighted by Crippen LogP contribution is -2.48. The number of benzene rings is 1. The fourth-order valence-corrected chi connectivity index (χ4v) is 2.27. The zero-order valence-corrected chi connectivity index (χ0v) is 10.3. The van der Waals surface area contributed by atoms with Gasteiger partial charge in [0, 0.05) is 26.2 Å².